The lowest BCUT2D eigenvalue weighted by molar-refractivity contribution is -0.138. The number of hydrogen-bond donors (Lipinski definition) is 2. The molecule has 0 saturated heterocycles. The van der Waals surface area contributed by atoms with Gasteiger partial charge in [-0.05, 0) is 48.0 Å². The summed E-state index contributed by atoms with van der Waals surface area (Å²) < 4.78 is 16.1. The summed E-state index contributed by atoms with van der Waals surface area (Å²) >= 11 is 0. The summed E-state index contributed by atoms with van der Waals surface area (Å²) in [5.41, 5.74) is -1.09. The average molecular weight is 333 g/mol. The summed E-state index contributed by atoms with van der Waals surface area (Å²) in [5, 5.41) is 11.3. The molecule has 0 heterocycles. The maximum absolute atomic E-state index is 11.8. The molecular formula is C16H31NO6. The van der Waals surface area contributed by atoms with E-state index in [0.29, 0.717) is 19.6 Å². The van der Waals surface area contributed by atoms with Crippen molar-refractivity contribution in [1.29, 1.82) is 0 Å². The van der Waals surface area contributed by atoms with E-state index in [4.69, 9.17) is 19.3 Å². The van der Waals surface area contributed by atoms with Crippen LogP contribution < -0.4 is 5.32 Å². The van der Waals surface area contributed by atoms with Crippen LogP contribution in [0.15, 0.2) is 0 Å². The van der Waals surface area contributed by atoms with Gasteiger partial charge < -0.3 is 24.6 Å². The van der Waals surface area contributed by atoms with Gasteiger partial charge in [-0.3, -0.25) is 4.79 Å². The van der Waals surface area contributed by atoms with Crippen molar-refractivity contribution >= 4 is 12.1 Å². The predicted molar refractivity (Wildman–Crippen MR) is 86.6 cm³/mol. The Balaban J connectivity index is 3.94. The Kier molecular flexibility index (Phi) is 9.16. The number of carbonyl (C=O) groups is 2. The first kappa shape index (κ1) is 21.7. The molecule has 0 rings (SSSR count). The molecule has 0 saturated carbocycles. The summed E-state index contributed by atoms with van der Waals surface area (Å²) in [6, 6.07) is 0. The number of carboxylic acids is 1. The Bertz CT molecular complexity index is 375. The Morgan fingerprint density at radius 3 is 2.26 bits per heavy atom. The smallest absolute Gasteiger partial charge is 0.408 e. The first-order valence-corrected chi connectivity index (χ1v) is 7.83. The van der Waals surface area contributed by atoms with Gasteiger partial charge in [-0.25, -0.2) is 4.79 Å². The molecule has 1 atom stereocenters. The molecule has 23 heavy (non-hydrogen) atoms. The van der Waals surface area contributed by atoms with Crippen molar-refractivity contribution in [2.24, 2.45) is 0 Å². The van der Waals surface area contributed by atoms with Crippen molar-refractivity contribution < 1.29 is 28.9 Å². The van der Waals surface area contributed by atoms with Gasteiger partial charge in [0.15, 0.2) is 0 Å². The van der Waals surface area contributed by atoms with Crippen LogP contribution in [-0.2, 0) is 19.0 Å². The number of ether oxygens (including phenoxy) is 3. The molecule has 1 unspecified atom stereocenters. The Morgan fingerprint density at radius 1 is 1.13 bits per heavy atom. The predicted octanol–water partition coefficient (Wildman–Crippen LogP) is 2.58. The van der Waals surface area contributed by atoms with Crippen LogP contribution in [0.2, 0.25) is 0 Å². The fourth-order valence-corrected chi connectivity index (χ4v) is 1.56. The number of carboxylic acid groups (broad SMARTS) is 1. The third-order valence-corrected chi connectivity index (χ3v) is 2.70. The van der Waals surface area contributed by atoms with E-state index in [1.807, 2.05) is 41.5 Å². The van der Waals surface area contributed by atoms with Crippen LogP contribution in [-0.4, -0.2) is 54.2 Å². The molecule has 0 aliphatic heterocycles. The van der Waals surface area contributed by atoms with E-state index in [0.717, 1.165) is 0 Å². The van der Waals surface area contributed by atoms with Crippen molar-refractivity contribution in [3.05, 3.63) is 0 Å². The zero-order valence-electron chi connectivity index (χ0n) is 15.1. The van der Waals surface area contributed by atoms with Crippen LogP contribution in [0.3, 0.4) is 0 Å². The maximum Gasteiger partial charge on any atom is 0.408 e. The summed E-state index contributed by atoms with van der Waals surface area (Å²) in [5.74, 6) is -0.871. The molecule has 7 nitrogen and oxygen atoms in total. The topological polar surface area (TPSA) is 94.1 Å². The van der Waals surface area contributed by atoms with E-state index < -0.39 is 23.2 Å². The number of carbonyl (C=O) groups excluding carboxylic acids is 1. The molecule has 0 aliphatic rings. The fraction of sp³-hybridized carbons (Fsp3) is 0.875. The van der Waals surface area contributed by atoms with Crippen molar-refractivity contribution in [1.82, 2.24) is 5.32 Å². The van der Waals surface area contributed by atoms with Gasteiger partial charge in [-0.2, -0.15) is 0 Å². The second kappa shape index (κ2) is 9.72. The van der Waals surface area contributed by atoms with Gasteiger partial charge in [0, 0.05) is 6.61 Å². The summed E-state index contributed by atoms with van der Waals surface area (Å²) in [4.78, 5) is 22.1. The summed E-state index contributed by atoms with van der Waals surface area (Å²) in [6.45, 7) is 12.0. The summed E-state index contributed by atoms with van der Waals surface area (Å²) in [7, 11) is 0. The van der Waals surface area contributed by atoms with Crippen molar-refractivity contribution in [3.8, 4) is 0 Å². The van der Waals surface area contributed by atoms with E-state index in [9.17, 15) is 9.59 Å². The van der Waals surface area contributed by atoms with E-state index in [-0.39, 0.29) is 19.1 Å². The minimum absolute atomic E-state index is 0.00206. The van der Waals surface area contributed by atoms with Crippen LogP contribution in [0.1, 0.15) is 54.4 Å². The molecule has 0 spiro atoms. The zero-order valence-corrected chi connectivity index (χ0v) is 15.1. The van der Waals surface area contributed by atoms with E-state index >= 15 is 0 Å². The van der Waals surface area contributed by atoms with Crippen LogP contribution in [0.4, 0.5) is 4.79 Å². The largest absolute Gasteiger partial charge is 0.481 e. The van der Waals surface area contributed by atoms with Crippen molar-refractivity contribution in [2.75, 3.05) is 19.8 Å². The lowest BCUT2D eigenvalue weighted by atomic mass is 10.1. The SMILES string of the molecule is CC(CCOCCC(=O)O)OCC(C)(C)NC(=O)OC(C)(C)C. The second-order valence-electron chi connectivity index (χ2n) is 7.18. The van der Waals surface area contributed by atoms with Gasteiger partial charge in [0.2, 0.25) is 0 Å². The molecule has 136 valence electrons. The highest BCUT2D eigenvalue weighted by atomic mass is 16.6. The van der Waals surface area contributed by atoms with Crippen LogP contribution in [0.25, 0.3) is 0 Å². The average Bonchev–Trinajstić information content (AvgIpc) is 2.32. The number of nitrogens with one attached hydrogen (secondary N) is 1. The van der Waals surface area contributed by atoms with Crippen molar-refractivity contribution in [3.63, 3.8) is 0 Å². The second-order valence-corrected chi connectivity index (χ2v) is 7.18. The molecular weight excluding hydrogens is 302 g/mol. The normalized spacial score (nSPS) is 13.5. The monoisotopic (exact) mass is 333 g/mol. The minimum atomic E-state index is -0.871. The third kappa shape index (κ3) is 14.0. The quantitative estimate of drug-likeness (QED) is 0.597. The Morgan fingerprint density at radius 2 is 1.74 bits per heavy atom. The number of hydrogen-bond acceptors (Lipinski definition) is 5. The molecule has 0 aromatic rings. The van der Waals surface area contributed by atoms with Gasteiger partial charge >= 0.3 is 12.1 Å². The van der Waals surface area contributed by atoms with Crippen LogP contribution in [0.5, 0.6) is 0 Å². The summed E-state index contributed by atoms with van der Waals surface area (Å²) in [6.07, 6.45) is 0.125. The molecule has 7 heteroatoms. The lowest BCUT2D eigenvalue weighted by Crippen LogP contribution is -2.49. The van der Waals surface area contributed by atoms with Crippen LogP contribution in [0, 0.1) is 0 Å². The number of amides is 1. The Labute approximate surface area is 138 Å². The Hall–Kier alpha value is -1.34. The van der Waals surface area contributed by atoms with Gasteiger partial charge in [0.1, 0.15) is 5.60 Å². The third-order valence-electron chi connectivity index (χ3n) is 2.70. The van der Waals surface area contributed by atoms with Crippen LogP contribution >= 0.6 is 0 Å². The van der Waals surface area contributed by atoms with E-state index in [2.05, 4.69) is 5.32 Å². The minimum Gasteiger partial charge on any atom is -0.481 e. The molecule has 1 amide bonds. The van der Waals surface area contributed by atoms with E-state index in [1.165, 1.54) is 0 Å². The standard InChI is InChI=1S/C16H31NO6/c1-12(7-9-21-10-8-13(18)19)22-11-16(5,6)17-14(20)23-15(2,3)4/h12H,7-11H2,1-6H3,(H,17,20)(H,18,19). The molecule has 0 bridgehead atoms. The molecule has 0 radical (unpaired) electrons. The molecule has 2 N–H and O–H groups in total. The van der Waals surface area contributed by atoms with Gasteiger partial charge in [-0.15, -0.1) is 0 Å². The molecule has 0 fully saturated rings. The molecule has 0 aromatic heterocycles. The lowest BCUT2D eigenvalue weighted by Gasteiger charge is -2.29. The van der Waals surface area contributed by atoms with Crippen molar-refractivity contribution in [2.45, 2.75) is 71.6 Å². The highest BCUT2D eigenvalue weighted by Gasteiger charge is 2.25. The van der Waals surface area contributed by atoms with E-state index in [1.54, 1.807) is 0 Å². The highest BCUT2D eigenvalue weighted by Crippen LogP contribution is 2.11. The number of rotatable bonds is 10. The van der Waals surface area contributed by atoms with Gasteiger partial charge in [0.05, 0.1) is 31.3 Å². The molecule has 0 aliphatic carbocycles. The zero-order chi connectivity index (χ0) is 18.1. The number of aliphatic carboxylic acids is 1. The first-order chi connectivity index (χ1) is 10.4. The fourth-order valence-electron chi connectivity index (χ4n) is 1.56. The van der Waals surface area contributed by atoms with Gasteiger partial charge in [-0.1, -0.05) is 0 Å². The number of alkyl carbamates (subject to hydrolysis) is 1. The maximum atomic E-state index is 11.8. The first-order valence-electron chi connectivity index (χ1n) is 7.83. The van der Waals surface area contributed by atoms with Gasteiger partial charge in [0.25, 0.3) is 0 Å². The highest BCUT2D eigenvalue weighted by molar-refractivity contribution is 5.68. The molecule has 0 aromatic carbocycles.